The third-order valence-corrected chi connectivity index (χ3v) is 4.25. The van der Waals surface area contributed by atoms with Crippen molar-refractivity contribution in [3.05, 3.63) is 0 Å². The third-order valence-electron chi connectivity index (χ3n) is 4.25. The molecule has 1 aliphatic heterocycles. The Kier molecular flexibility index (Phi) is 5.29. The predicted octanol–water partition coefficient (Wildman–Crippen LogP) is 2.39. The molecule has 0 aromatic carbocycles. The number of alkyl carbamates (subject to hydrolysis) is 1. The van der Waals surface area contributed by atoms with Crippen LogP contribution in [0, 0.1) is 5.92 Å². The quantitative estimate of drug-likeness (QED) is 0.841. The van der Waals surface area contributed by atoms with E-state index in [4.69, 9.17) is 0 Å². The lowest BCUT2D eigenvalue weighted by atomic mass is 9.88. The smallest absolute Gasteiger partial charge is 0.407 e. The van der Waals surface area contributed by atoms with Crippen molar-refractivity contribution in [2.75, 3.05) is 26.7 Å². The number of hydrogen-bond acceptors (Lipinski definition) is 3. The molecule has 4 heteroatoms. The van der Waals surface area contributed by atoms with Crippen molar-refractivity contribution in [3.63, 3.8) is 0 Å². The molecule has 2 aliphatic rings. The summed E-state index contributed by atoms with van der Waals surface area (Å²) in [4.78, 5) is 13.8. The van der Waals surface area contributed by atoms with Crippen molar-refractivity contribution in [1.82, 2.24) is 10.2 Å². The number of amides is 1. The maximum Gasteiger partial charge on any atom is 0.407 e. The van der Waals surface area contributed by atoms with E-state index < -0.39 is 0 Å². The number of nitrogens with zero attached hydrogens (tertiary/aromatic N) is 1. The van der Waals surface area contributed by atoms with E-state index in [9.17, 15) is 4.79 Å². The van der Waals surface area contributed by atoms with Crippen LogP contribution in [0.1, 0.15) is 44.9 Å². The Hall–Kier alpha value is -0.770. The number of nitrogens with one attached hydrogen (secondary N) is 1. The topological polar surface area (TPSA) is 41.6 Å². The number of ether oxygens (including phenoxy) is 1. The molecule has 104 valence electrons. The van der Waals surface area contributed by atoms with Gasteiger partial charge in [0, 0.05) is 19.1 Å². The first-order chi connectivity index (χ1) is 8.78. The van der Waals surface area contributed by atoms with Crippen LogP contribution < -0.4 is 5.32 Å². The predicted molar refractivity (Wildman–Crippen MR) is 71.6 cm³/mol. The molecule has 1 N–H and O–H groups in total. The van der Waals surface area contributed by atoms with E-state index >= 15 is 0 Å². The molecule has 0 aromatic rings. The molecule has 1 saturated heterocycles. The Labute approximate surface area is 110 Å². The summed E-state index contributed by atoms with van der Waals surface area (Å²) in [5, 5.41) is 2.93. The molecule has 1 atom stereocenters. The van der Waals surface area contributed by atoms with E-state index in [1.165, 1.54) is 58.7 Å². The average Bonchev–Trinajstić information content (AvgIpc) is 2.40. The monoisotopic (exact) mass is 254 g/mol. The van der Waals surface area contributed by atoms with E-state index in [0.29, 0.717) is 0 Å². The van der Waals surface area contributed by atoms with Gasteiger partial charge < -0.3 is 15.0 Å². The van der Waals surface area contributed by atoms with Gasteiger partial charge in [0.05, 0.1) is 7.11 Å². The van der Waals surface area contributed by atoms with Gasteiger partial charge in [0.1, 0.15) is 0 Å². The summed E-state index contributed by atoms with van der Waals surface area (Å²) in [6.07, 6.45) is 8.99. The van der Waals surface area contributed by atoms with Crippen molar-refractivity contribution >= 4 is 6.09 Å². The van der Waals surface area contributed by atoms with Crippen LogP contribution in [-0.4, -0.2) is 43.8 Å². The summed E-state index contributed by atoms with van der Waals surface area (Å²) in [6.45, 7) is 3.40. The zero-order chi connectivity index (χ0) is 12.8. The lowest BCUT2D eigenvalue weighted by Crippen LogP contribution is -2.48. The minimum Gasteiger partial charge on any atom is -0.453 e. The summed E-state index contributed by atoms with van der Waals surface area (Å²) in [5.74, 6) is 0.885. The maximum atomic E-state index is 11.2. The van der Waals surface area contributed by atoms with Gasteiger partial charge in [-0.1, -0.05) is 19.3 Å². The minimum atomic E-state index is -0.292. The molecule has 2 rings (SSSR count). The van der Waals surface area contributed by atoms with Crippen LogP contribution in [-0.2, 0) is 4.74 Å². The number of rotatable bonds is 3. The second-order valence-corrected chi connectivity index (χ2v) is 5.74. The van der Waals surface area contributed by atoms with Crippen LogP contribution >= 0.6 is 0 Å². The van der Waals surface area contributed by atoms with Crippen LogP contribution in [0.25, 0.3) is 0 Å². The molecular formula is C14H26N2O2. The van der Waals surface area contributed by atoms with E-state index in [1.54, 1.807) is 0 Å². The number of likely N-dealkylation sites (tertiary alicyclic amines) is 1. The average molecular weight is 254 g/mol. The summed E-state index contributed by atoms with van der Waals surface area (Å²) < 4.78 is 4.67. The first-order valence-corrected chi connectivity index (χ1v) is 7.35. The number of piperidine rings is 1. The Morgan fingerprint density at radius 3 is 2.72 bits per heavy atom. The van der Waals surface area contributed by atoms with Crippen LogP contribution in [0.3, 0.4) is 0 Å². The number of carbonyl (C=O) groups excluding carboxylic acids is 1. The van der Waals surface area contributed by atoms with E-state index in [-0.39, 0.29) is 12.1 Å². The molecule has 0 bridgehead atoms. The van der Waals surface area contributed by atoms with Gasteiger partial charge >= 0.3 is 6.09 Å². The van der Waals surface area contributed by atoms with Crippen molar-refractivity contribution in [2.45, 2.75) is 51.0 Å². The van der Waals surface area contributed by atoms with Gasteiger partial charge in [-0.25, -0.2) is 4.79 Å². The Balaban J connectivity index is 1.73. The Bertz CT molecular complexity index is 265. The van der Waals surface area contributed by atoms with Crippen LogP contribution in [0.15, 0.2) is 0 Å². The number of hydrogen-bond donors (Lipinski definition) is 1. The van der Waals surface area contributed by atoms with Crippen molar-refractivity contribution < 1.29 is 9.53 Å². The highest BCUT2D eigenvalue weighted by Gasteiger charge is 2.24. The van der Waals surface area contributed by atoms with Gasteiger partial charge in [-0.15, -0.1) is 0 Å². The minimum absolute atomic E-state index is 0.273. The van der Waals surface area contributed by atoms with Crippen molar-refractivity contribution in [2.24, 2.45) is 5.92 Å². The van der Waals surface area contributed by atoms with Crippen molar-refractivity contribution in [1.29, 1.82) is 0 Å². The molecule has 1 amide bonds. The number of carbonyl (C=O) groups is 1. The summed E-state index contributed by atoms with van der Waals surface area (Å²) in [6, 6.07) is 0.273. The lowest BCUT2D eigenvalue weighted by molar-refractivity contribution is 0.133. The molecule has 4 nitrogen and oxygen atoms in total. The van der Waals surface area contributed by atoms with Crippen molar-refractivity contribution in [3.8, 4) is 0 Å². The van der Waals surface area contributed by atoms with Gasteiger partial charge in [0.15, 0.2) is 0 Å². The van der Waals surface area contributed by atoms with Crippen LogP contribution in [0.2, 0.25) is 0 Å². The molecule has 0 spiro atoms. The fourth-order valence-corrected chi connectivity index (χ4v) is 3.30. The first kappa shape index (κ1) is 13.7. The third kappa shape index (κ3) is 4.16. The molecule has 1 unspecified atom stereocenters. The fourth-order valence-electron chi connectivity index (χ4n) is 3.30. The molecule has 1 saturated carbocycles. The molecule has 1 aliphatic carbocycles. The van der Waals surface area contributed by atoms with Gasteiger partial charge in [-0.3, -0.25) is 0 Å². The van der Waals surface area contributed by atoms with Gasteiger partial charge in [0.2, 0.25) is 0 Å². The van der Waals surface area contributed by atoms with Crippen LogP contribution in [0.4, 0.5) is 4.79 Å². The highest BCUT2D eigenvalue weighted by Crippen LogP contribution is 2.25. The number of methoxy groups -OCH3 is 1. The second kappa shape index (κ2) is 6.98. The zero-order valence-electron chi connectivity index (χ0n) is 11.5. The van der Waals surface area contributed by atoms with Crippen LogP contribution in [0.5, 0.6) is 0 Å². The largest absolute Gasteiger partial charge is 0.453 e. The summed E-state index contributed by atoms with van der Waals surface area (Å²) in [7, 11) is 1.43. The summed E-state index contributed by atoms with van der Waals surface area (Å²) >= 11 is 0. The molecular weight excluding hydrogens is 228 g/mol. The summed E-state index contributed by atoms with van der Waals surface area (Å²) in [5.41, 5.74) is 0. The Morgan fingerprint density at radius 2 is 2.00 bits per heavy atom. The highest BCUT2D eigenvalue weighted by molar-refractivity contribution is 5.67. The molecule has 2 fully saturated rings. The maximum absolute atomic E-state index is 11.2. The highest BCUT2D eigenvalue weighted by atomic mass is 16.5. The van der Waals surface area contributed by atoms with Gasteiger partial charge in [-0.05, 0) is 38.1 Å². The molecule has 0 aromatic heterocycles. The standard InChI is InChI=1S/C14H26N2O2/c1-18-14(17)15-13-8-5-9-16(11-13)10-12-6-3-2-4-7-12/h12-13H,2-11H2,1H3,(H,15,17). The fraction of sp³-hybridized carbons (Fsp3) is 0.929. The SMILES string of the molecule is COC(=O)NC1CCCN(CC2CCCCC2)C1. The van der Waals surface area contributed by atoms with Gasteiger partial charge in [-0.2, -0.15) is 0 Å². The zero-order valence-corrected chi connectivity index (χ0v) is 11.5. The first-order valence-electron chi connectivity index (χ1n) is 7.35. The second-order valence-electron chi connectivity index (χ2n) is 5.74. The van der Waals surface area contributed by atoms with E-state index in [2.05, 4.69) is 15.0 Å². The molecule has 0 radical (unpaired) electrons. The lowest BCUT2D eigenvalue weighted by Gasteiger charge is -2.36. The van der Waals surface area contributed by atoms with Gasteiger partial charge in [0.25, 0.3) is 0 Å². The van der Waals surface area contributed by atoms with E-state index in [0.717, 1.165) is 18.9 Å². The molecule has 1 heterocycles. The normalized spacial score (nSPS) is 26.8. The Morgan fingerprint density at radius 1 is 1.22 bits per heavy atom. The molecule has 18 heavy (non-hydrogen) atoms. The van der Waals surface area contributed by atoms with E-state index in [1.807, 2.05) is 0 Å².